The van der Waals surface area contributed by atoms with Crippen molar-refractivity contribution in [1.29, 1.82) is 0 Å². The fraction of sp³-hybridized carbons (Fsp3) is 0.900. The van der Waals surface area contributed by atoms with Gasteiger partial charge in [-0.1, -0.05) is 0 Å². The van der Waals surface area contributed by atoms with Gasteiger partial charge in [0.2, 0.25) is 5.91 Å². The maximum Gasteiger partial charge on any atom is 0.406 e. The van der Waals surface area contributed by atoms with Crippen molar-refractivity contribution in [3.05, 3.63) is 0 Å². The summed E-state index contributed by atoms with van der Waals surface area (Å²) in [6.07, 6.45) is -3.72. The second-order valence-electron chi connectivity index (χ2n) is 5.19. The molecule has 3 aliphatic rings. The maximum atomic E-state index is 12.8. The molecule has 2 unspecified atom stereocenters. The molecule has 3 rings (SSSR count). The lowest BCUT2D eigenvalue weighted by molar-refractivity contribution is -0.195. The lowest BCUT2D eigenvalue weighted by atomic mass is 10.1. The summed E-state index contributed by atoms with van der Waals surface area (Å²) in [5, 5.41) is 0. The summed E-state index contributed by atoms with van der Waals surface area (Å²) in [6, 6.07) is 0. The van der Waals surface area contributed by atoms with E-state index in [1.807, 2.05) is 0 Å². The van der Waals surface area contributed by atoms with Crippen molar-refractivity contribution < 1.29 is 18.0 Å². The Morgan fingerprint density at radius 3 is 2.06 bits per heavy atom. The highest BCUT2D eigenvalue weighted by atomic mass is 19.4. The number of nitrogens with two attached hydrogens (primary N) is 1. The molecule has 16 heavy (non-hydrogen) atoms. The lowest BCUT2D eigenvalue weighted by Gasteiger charge is -2.31. The molecular weight excluding hydrogens is 221 g/mol. The van der Waals surface area contributed by atoms with Crippen LogP contribution >= 0.6 is 0 Å². The van der Waals surface area contributed by atoms with E-state index in [4.69, 9.17) is 5.73 Å². The van der Waals surface area contributed by atoms with Gasteiger partial charge in [-0.2, -0.15) is 13.2 Å². The van der Waals surface area contributed by atoms with Gasteiger partial charge in [-0.05, 0) is 24.7 Å². The molecule has 1 amide bonds. The monoisotopic (exact) mass is 234 g/mol. The van der Waals surface area contributed by atoms with Gasteiger partial charge in [0.1, 0.15) is 5.54 Å². The Bertz CT molecular complexity index is 338. The molecule has 0 radical (unpaired) electrons. The molecule has 0 aromatic rings. The van der Waals surface area contributed by atoms with Crippen molar-refractivity contribution in [2.75, 3.05) is 13.1 Å². The summed E-state index contributed by atoms with van der Waals surface area (Å²) in [6.45, 7) is 0.773. The van der Waals surface area contributed by atoms with Gasteiger partial charge in [-0.25, -0.2) is 0 Å². The number of likely N-dealkylation sites (tertiary alicyclic amines) is 1. The van der Waals surface area contributed by atoms with E-state index in [1.54, 1.807) is 0 Å². The Kier molecular flexibility index (Phi) is 1.77. The van der Waals surface area contributed by atoms with Gasteiger partial charge in [0, 0.05) is 19.0 Å². The molecule has 0 bridgehead atoms. The van der Waals surface area contributed by atoms with Crippen LogP contribution in [-0.4, -0.2) is 35.6 Å². The molecule has 2 atom stereocenters. The smallest absolute Gasteiger partial charge is 0.369 e. The quantitative estimate of drug-likeness (QED) is 0.766. The largest absolute Gasteiger partial charge is 0.406 e. The highest BCUT2D eigenvalue weighted by molar-refractivity contribution is 5.80. The molecular formula is C10H13F3N2O. The lowest BCUT2D eigenvalue weighted by Crippen LogP contribution is -2.48. The van der Waals surface area contributed by atoms with Gasteiger partial charge < -0.3 is 5.73 Å². The second kappa shape index (κ2) is 2.72. The van der Waals surface area contributed by atoms with Crippen LogP contribution in [0.4, 0.5) is 13.2 Å². The zero-order valence-corrected chi connectivity index (χ0v) is 8.63. The number of halogens is 3. The Morgan fingerprint density at radius 1 is 1.25 bits per heavy atom. The predicted molar refractivity (Wildman–Crippen MR) is 49.3 cm³/mol. The summed E-state index contributed by atoms with van der Waals surface area (Å²) in [4.78, 5) is 12.4. The SMILES string of the molecule is NC(=O)C1C2CN(C3(C(F)(F)F)CC3)CC21. The normalized spacial score (nSPS) is 40.6. The third kappa shape index (κ3) is 1.16. The topological polar surface area (TPSA) is 46.3 Å². The molecule has 2 aliphatic carbocycles. The predicted octanol–water partition coefficient (Wildman–Crippen LogP) is 0.744. The van der Waals surface area contributed by atoms with Gasteiger partial charge in [0.15, 0.2) is 0 Å². The third-order valence-corrected chi connectivity index (χ3v) is 4.38. The van der Waals surface area contributed by atoms with E-state index >= 15 is 0 Å². The number of piperidine rings is 1. The van der Waals surface area contributed by atoms with Crippen LogP contribution in [0.5, 0.6) is 0 Å². The number of rotatable bonds is 2. The van der Waals surface area contributed by atoms with Crippen LogP contribution in [0.3, 0.4) is 0 Å². The minimum Gasteiger partial charge on any atom is -0.369 e. The number of amides is 1. The van der Waals surface area contributed by atoms with Crippen LogP contribution in [0.2, 0.25) is 0 Å². The van der Waals surface area contributed by atoms with E-state index in [0.717, 1.165) is 0 Å². The zero-order valence-electron chi connectivity index (χ0n) is 8.63. The van der Waals surface area contributed by atoms with Crippen molar-refractivity contribution in [2.24, 2.45) is 23.5 Å². The van der Waals surface area contributed by atoms with Crippen molar-refractivity contribution in [3.8, 4) is 0 Å². The van der Waals surface area contributed by atoms with E-state index in [9.17, 15) is 18.0 Å². The number of hydrogen-bond acceptors (Lipinski definition) is 2. The highest BCUT2D eigenvalue weighted by Crippen LogP contribution is 2.60. The van der Waals surface area contributed by atoms with Crippen molar-refractivity contribution in [1.82, 2.24) is 4.90 Å². The fourth-order valence-corrected chi connectivity index (χ4v) is 3.20. The molecule has 0 spiro atoms. The fourth-order valence-electron chi connectivity index (χ4n) is 3.20. The van der Waals surface area contributed by atoms with Gasteiger partial charge in [-0.3, -0.25) is 9.69 Å². The van der Waals surface area contributed by atoms with Gasteiger partial charge in [-0.15, -0.1) is 0 Å². The van der Waals surface area contributed by atoms with Crippen LogP contribution in [0, 0.1) is 17.8 Å². The second-order valence-corrected chi connectivity index (χ2v) is 5.19. The molecule has 1 heterocycles. The number of carbonyl (C=O) groups excluding carboxylic acids is 1. The Morgan fingerprint density at radius 2 is 1.75 bits per heavy atom. The molecule has 6 heteroatoms. The Balaban J connectivity index is 1.68. The molecule has 3 fully saturated rings. The minimum atomic E-state index is -4.13. The summed E-state index contributed by atoms with van der Waals surface area (Å²) < 4.78 is 38.4. The Hall–Kier alpha value is -0.780. The van der Waals surface area contributed by atoms with E-state index in [1.165, 1.54) is 4.90 Å². The number of alkyl halides is 3. The van der Waals surface area contributed by atoms with E-state index in [2.05, 4.69) is 0 Å². The zero-order chi connectivity index (χ0) is 11.7. The number of carbonyl (C=O) groups is 1. The standard InChI is InChI=1S/C10H13F3N2O/c11-10(12,13)9(1-2-9)15-3-5-6(4-15)7(5)8(14)16/h5-7H,1-4H2,(H2,14,16). The summed E-state index contributed by atoms with van der Waals surface area (Å²) in [5.74, 6) is -0.360. The van der Waals surface area contributed by atoms with Crippen molar-refractivity contribution >= 4 is 5.91 Å². The average Bonchev–Trinajstić information content (AvgIpc) is 3.02. The maximum absolute atomic E-state index is 12.8. The molecule has 3 nitrogen and oxygen atoms in total. The molecule has 90 valence electrons. The van der Waals surface area contributed by atoms with Crippen LogP contribution in [0.25, 0.3) is 0 Å². The first-order valence-corrected chi connectivity index (χ1v) is 5.48. The molecule has 0 aromatic carbocycles. The van der Waals surface area contributed by atoms with Gasteiger partial charge in [0.05, 0.1) is 0 Å². The van der Waals surface area contributed by atoms with Crippen LogP contribution < -0.4 is 5.73 Å². The number of hydrogen-bond donors (Lipinski definition) is 1. The minimum absolute atomic E-state index is 0.0809. The van der Waals surface area contributed by atoms with E-state index in [-0.39, 0.29) is 36.5 Å². The summed E-state index contributed by atoms with van der Waals surface area (Å²) in [5.41, 5.74) is 3.60. The molecule has 1 saturated heterocycles. The number of primary amides is 1. The van der Waals surface area contributed by atoms with Gasteiger partial charge in [0.25, 0.3) is 0 Å². The molecule has 0 aromatic heterocycles. The van der Waals surface area contributed by atoms with Crippen molar-refractivity contribution in [3.63, 3.8) is 0 Å². The number of nitrogens with zero attached hydrogens (tertiary/aromatic N) is 1. The molecule has 1 aliphatic heterocycles. The first-order chi connectivity index (χ1) is 7.37. The first-order valence-electron chi connectivity index (χ1n) is 5.48. The Labute approximate surface area is 90.8 Å². The van der Waals surface area contributed by atoms with Gasteiger partial charge >= 0.3 is 6.18 Å². The molecule has 2 N–H and O–H groups in total. The van der Waals surface area contributed by atoms with E-state index in [0.29, 0.717) is 13.1 Å². The first kappa shape index (κ1) is 10.4. The highest BCUT2D eigenvalue weighted by Gasteiger charge is 2.71. The van der Waals surface area contributed by atoms with Crippen LogP contribution in [0.1, 0.15) is 12.8 Å². The molecule has 2 saturated carbocycles. The van der Waals surface area contributed by atoms with Crippen molar-refractivity contribution in [2.45, 2.75) is 24.6 Å². The summed E-state index contributed by atoms with van der Waals surface area (Å²) in [7, 11) is 0. The van der Waals surface area contributed by atoms with E-state index < -0.39 is 11.7 Å². The third-order valence-electron chi connectivity index (χ3n) is 4.38. The summed E-state index contributed by atoms with van der Waals surface area (Å²) >= 11 is 0. The average molecular weight is 234 g/mol. The van der Waals surface area contributed by atoms with Crippen LogP contribution in [0.15, 0.2) is 0 Å². The number of fused-ring (bicyclic) bond motifs is 1. The van der Waals surface area contributed by atoms with Crippen LogP contribution in [-0.2, 0) is 4.79 Å².